The second-order valence-electron chi connectivity index (χ2n) is 6.16. The molecule has 1 aliphatic rings. The van der Waals surface area contributed by atoms with E-state index in [1.807, 2.05) is 35.2 Å². The summed E-state index contributed by atoms with van der Waals surface area (Å²) in [5.41, 5.74) is 1.56. The number of urea groups is 1. The normalized spacial score (nSPS) is 14.7. The maximum Gasteiger partial charge on any atom is 0.317 e. The van der Waals surface area contributed by atoms with Gasteiger partial charge in [-0.1, -0.05) is 24.3 Å². The molecule has 2 amide bonds. The standard InChI is InChI=1S/C19H19FN4OS/c20-14-5-1-3-7-16(14)23-9-11-24(12-10-23)19(25)21-13-18-22-15-6-2-4-8-17(15)26-18/h1-8H,9-13H2,(H,21,25). The van der Waals surface area contributed by atoms with Gasteiger partial charge in [0.2, 0.25) is 0 Å². The van der Waals surface area contributed by atoms with Crippen LogP contribution in [0.3, 0.4) is 0 Å². The van der Waals surface area contributed by atoms with Gasteiger partial charge in [-0.25, -0.2) is 14.2 Å². The Hall–Kier alpha value is -2.67. The van der Waals surface area contributed by atoms with Crippen molar-refractivity contribution in [3.05, 3.63) is 59.4 Å². The van der Waals surface area contributed by atoms with Crippen molar-refractivity contribution in [2.45, 2.75) is 6.54 Å². The lowest BCUT2D eigenvalue weighted by atomic mass is 10.2. The number of aromatic nitrogens is 1. The number of amides is 2. The summed E-state index contributed by atoms with van der Waals surface area (Å²) >= 11 is 1.59. The lowest BCUT2D eigenvalue weighted by Gasteiger charge is -2.36. The molecule has 7 heteroatoms. The van der Waals surface area contributed by atoms with Crippen molar-refractivity contribution in [1.82, 2.24) is 15.2 Å². The van der Waals surface area contributed by atoms with E-state index in [4.69, 9.17) is 0 Å². The summed E-state index contributed by atoms with van der Waals surface area (Å²) in [6.45, 7) is 2.80. The van der Waals surface area contributed by atoms with E-state index in [1.54, 1.807) is 28.4 Å². The zero-order chi connectivity index (χ0) is 17.9. The molecule has 1 N–H and O–H groups in total. The van der Waals surface area contributed by atoms with E-state index in [0.29, 0.717) is 38.4 Å². The molecule has 2 aromatic carbocycles. The molecular formula is C19H19FN4OS. The van der Waals surface area contributed by atoms with E-state index in [1.165, 1.54) is 6.07 Å². The van der Waals surface area contributed by atoms with Crippen molar-refractivity contribution in [3.8, 4) is 0 Å². The lowest BCUT2D eigenvalue weighted by Crippen LogP contribution is -2.51. The Labute approximate surface area is 155 Å². The number of fused-ring (bicyclic) bond motifs is 1. The van der Waals surface area contributed by atoms with Crippen LogP contribution in [-0.2, 0) is 6.54 Å². The van der Waals surface area contributed by atoms with Gasteiger partial charge in [-0.2, -0.15) is 0 Å². The summed E-state index contributed by atoms with van der Waals surface area (Å²) in [5.74, 6) is -0.221. The third-order valence-corrected chi connectivity index (χ3v) is 5.53. The van der Waals surface area contributed by atoms with Crippen LogP contribution < -0.4 is 10.2 Å². The van der Waals surface area contributed by atoms with Crippen LogP contribution in [0.4, 0.5) is 14.9 Å². The average Bonchev–Trinajstić information content (AvgIpc) is 3.10. The summed E-state index contributed by atoms with van der Waals surface area (Å²) < 4.78 is 15.0. The van der Waals surface area contributed by atoms with Gasteiger partial charge in [0, 0.05) is 26.2 Å². The number of rotatable bonds is 3. The number of halogens is 1. The van der Waals surface area contributed by atoms with Crippen LogP contribution >= 0.6 is 11.3 Å². The first-order chi connectivity index (χ1) is 12.7. The molecule has 0 spiro atoms. The number of anilines is 1. The van der Waals surface area contributed by atoms with Crippen molar-refractivity contribution in [1.29, 1.82) is 0 Å². The molecule has 26 heavy (non-hydrogen) atoms. The van der Waals surface area contributed by atoms with Gasteiger partial charge in [0.1, 0.15) is 10.8 Å². The Morgan fingerprint density at radius 3 is 2.58 bits per heavy atom. The zero-order valence-corrected chi connectivity index (χ0v) is 15.0. The van der Waals surface area contributed by atoms with Gasteiger partial charge < -0.3 is 15.1 Å². The molecule has 1 saturated heterocycles. The first kappa shape index (κ1) is 16.8. The van der Waals surface area contributed by atoms with Gasteiger partial charge in [0.15, 0.2) is 0 Å². The molecule has 4 rings (SSSR count). The average molecular weight is 370 g/mol. The molecule has 0 bridgehead atoms. The first-order valence-corrected chi connectivity index (χ1v) is 9.39. The number of thiazole rings is 1. The second-order valence-corrected chi connectivity index (χ2v) is 7.27. The van der Waals surface area contributed by atoms with Crippen molar-refractivity contribution in [2.24, 2.45) is 0 Å². The second kappa shape index (κ2) is 7.29. The molecule has 0 atom stereocenters. The van der Waals surface area contributed by atoms with E-state index in [2.05, 4.69) is 10.3 Å². The Bertz CT molecular complexity index is 888. The molecule has 0 aliphatic carbocycles. The minimum atomic E-state index is -0.221. The van der Waals surface area contributed by atoms with E-state index in [0.717, 1.165) is 15.2 Å². The molecule has 0 radical (unpaired) electrons. The number of hydrogen-bond acceptors (Lipinski definition) is 4. The minimum absolute atomic E-state index is 0.0996. The van der Waals surface area contributed by atoms with Gasteiger partial charge in [-0.15, -0.1) is 11.3 Å². The van der Waals surface area contributed by atoms with Gasteiger partial charge in [0.05, 0.1) is 22.4 Å². The van der Waals surface area contributed by atoms with Crippen LogP contribution in [-0.4, -0.2) is 42.1 Å². The summed E-state index contributed by atoms with van der Waals surface area (Å²) in [6.07, 6.45) is 0. The fourth-order valence-corrected chi connectivity index (χ4v) is 4.02. The van der Waals surface area contributed by atoms with Crippen molar-refractivity contribution in [2.75, 3.05) is 31.1 Å². The molecule has 0 saturated carbocycles. The van der Waals surface area contributed by atoms with E-state index in [9.17, 15) is 9.18 Å². The van der Waals surface area contributed by atoms with Gasteiger partial charge in [-0.05, 0) is 24.3 Å². The molecule has 5 nitrogen and oxygen atoms in total. The van der Waals surface area contributed by atoms with Gasteiger partial charge >= 0.3 is 6.03 Å². The fraction of sp³-hybridized carbons (Fsp3) is 0.263. The SMILES string of the molecule is O=C(NCc1nc2ccccc2s1)N1CCN(c2ccccc2F)CC1. The van der Waals surface area contributed by atoms with Crippen LogP contribution in [0.15, 0.2) is 48.5 Å². The molecule has 134 valence electrons. The largest absolute Gasteiger partial charge is 0.366 e. The molecule has 2 heterocycles. The zero-order valence-electron chi connectivity index (χ0n) is 14.2. The van der Waals surface area contributed by atoms with Crippen LogP contribution in [0, 0.1) is 5.82 Å². The minimum Gasteiger partial charge on any atom is -0.366 e. The number of carbonyl (C=O) groups excluding carboxylic acids is 1. The Kier molecular flexibility index (Phi) is 4.71. The van der Waals surface area contributed by atoms with Crippen molar-refractivity contribution >= 4 is 33.3 Å². The topological polar surface area (TPSA) is 48.5 Å². The van der Waals surface area contributed by atoms with Crippen LogP contribution in [0.2, 0.25) is 0 Å². The van der Waals surface area contributed by atoms with Crippen molar-refractivity contribution in [3.63, 3.8) is 0 Å². The highest BCUT2D eigenvalue weighted by molar-refractivity contribution is 7.18. The Balaban J connectivity index is 1.31. The fourth-order valence-electron chi connectivity index (χ4n) is 3.12. The Morgan fingerprint density at radius 1 is 1.08 bits per heavy atom. The van der Waals surface area contributed by atoms with Gasteiger partial charge in [-0.3, -0.25) is 0 Å². The molecule has 1 aliphatic heterocycles. The van der Waals surface area contributed by atoms with E-state index < -0.39 is 0 Å². The van der Waals surface area contributed by atoms with Crippen LogP contribution in [0.1, 0.15) is 5.01 Å². The monoisotopic (exact) mass is 370 g/mol. The van der Waals surface area contributed by atoms with Crippen molar-refractivity contribution < 1.29 is 9.18 Å². The summed E-state index contributed by atoms with van der Waals surface area (Å²) in [4.78, 5) is 20.7. The van der Waals surface area contributed by atoms with Crippen LogP contribution in [0.25, 0.3) is 10.2 Å². The third kappa shape index (κ3) is 3.48. The number of hydrogen-bond donors (Lipinski definition) is 1. The number of piperazine rings is 1. The van der Waals surface area contributed by atoms with E-state index >= 15 is 0 Å². The highest BCUT2D eigenvalue weighted by atomic mass is 32.1. The predicted octanol–water partition coefficient (Wildman–Crippen LogP) is 3.47. The molecule has 3 aromatic rings. The number of nitrogens with zero attached hydrogens (tertiary/aromatic N) is 3. The highest BCUT2D eigenvalue weighted by Crippen LogP contribution is 2.22. The maximum atomic E-state index is 13.9. The smallest absolute Gasteiger partial charge is 0.317 e. The predicted molar refractivity (Wildman–Crippen MR) is 102 cm³/mol. The van der Waals surface area contributed by atoms with E-state index in [-0.39, 0.29) is 11.8 Å². The van der Waals surface area contributed by atoms with Gasteiger partial charge in [0.25, 0.3) is 0 Å². The number of carbonyl (C=O) groups is 1. The summed E-state index contributed by atoms with van der Waals surface area (Å²) in [5, 5.41) is 3.83. The Morgan fingerprint density at radius 2 is 1.81 bits per heavy atom. The molecule has 1 aromatic heterocycles. The number of para-hydroxylation sites is 2. The lowest BCUT2D eigenvalue weighted by molar-refractivity contribution is 0.194. The number of benzene rings is 2. The first-order valence-electron chi connectivity index (χ1n) is 8.57. The highest BCUT2D eigenvalue weighted by Gasteiger charge is 2.22. The summed E-state index contributed by atoms with van der Waals surface area (Å²) in [6, 6.07) is 14.6. The number of nitrogens with one attached hydrogen (secondary N) is 1. The van der Waals surface area contributed by atoms with Crippen LogP contribution in [0.5, 0.6) is 0 Å². The molecule has 1 fully saturated rings. The molecule has 0 unspecified atom stereocenters. The third-order valence-electron chi connectivity index (χ3n) is 4.49. The maximum absolute atomic E-state index is 13.9. The summed E-state index contributed by atoms with van der Waals surface area (Å²) in [7, 11) is 0. The molecular weight excluding hydrogens is 351 g/mol. The quantitative estimate of drug-likeness (QED) is 0.768.